The van der Waals surface area contributed by atoms with Gasteiger partial charge in [0, 0.05) is 18.2 Å². The zero-order valence-corrected chi connectivity index (χ0v) is 12.1. The van der Waals surface area contributed by atoms with E-state index in [4.69, 9.17) is 0 Å². The third-order valence-electron chi connectivity index (χ3n) is 4.38. The lowest BCUT2D eigenvalue weighted by Crippen LogP contribution is -2.45. The standard InChI is InChI=1S/C16H25NO2/c1-11(12-8-13(18)10-14(19)9-12)17-15-6-4-5-7-16(15,2)3/h8-11,15,17-19H,4-7H2,1-3H3. The van der Waals surface area contributed by atoms with Crippen LogP contribution < -0.4 is 5.32 Å². The minimum absolute atomic E-state index is 0.117. The van der Waals surface area contributed by atoms with Crippen molar-refractivity contribution in [1.82, 2.24) is 5.32 Å². The molecule has 1 aromatic rings. The maximum atomic E-state index is 9.56. The second-order valence-electron chi connectivity index (χ2n) is 6.46. The summed E-state index contributed by atoms with van der Waals surface area (Å²) in [4.78, 5) is 0. The molecule has 0 spiro atoms. The molecule has 1 aliphatic carbocycles. The van der Waals surface area contributed by atoms with Gasteiger partial charge in [-0.3, -0.25) is 0 Å². The smallest absolute Gasteiger partial charge is 0.119 e. The summed E-state index contributed by atoms with van der Waals surface area (Å²) in [7, 11) is 0. The summed E-state index contributed by atoms with van der Waals surface area (Å²) in [5, 5.41) is 22.8. The van der Waals surface area contributed by atoms with Crippen molar-refractivity contribution in [2.45, 2.75) is 58.5 Å². The van der Waals surface area contributed by atoms with Crippen LogP contribution >= 0.6 is 0 Å². The van der Waals surface area contributed by atoms with Gasteiger partial charge in [0.1, 0.15) is 11.5 Å². The molecule has 2 atom stereocenters. The Morgan fingerprint density at radius 3 is 2.37 bits per heavy atom. The molecule has 1 aliphatic rings. The van der Waals surface area contributed by atoms with Crippen molar-refractivity contribution in [3.63, 3.8) is 0 Å². The van der Waals surface area contributed by atoms with E-state index in [0.717, 1.165) is 5.56 Å². The van der Waals surface area contributed by atoms with E-state index in [1.807, 2.05) is 0 Å². The van der Waals surface area contributed by atoms with Crippen LogP contribution in [0.4, 0.5) is 0 Å². The molecule has 3 N–H and O–H groups in total. The summed E-state index contributed by atoms with van der Waals surface area (Å²) in [5.74, 6) is 0.234. The predicted octanol–water partition coefficient (Wildman–Crippen LogP) is 3.72. The molecule has 1 saturated carbocycles. The minimum atomic E-state index is 0.117. The van der Waals surface area contributed by atoms with Crippen LogP contribution in [0.15, 0.2) is 18.2 Å². The van der Waals surface area contributed by atoms with Crippen molar-refractivity contribution >= 4 is 0 Å². The number of hydrogen-bond acceptors (Lipinski definition) is 3. The van der Waals surface area contributed by atoms with Gasteiger partial charge in [0.25, 0.3) is 0 Å². The molecule has 0 heterocycles. The first-order chi connectivity index (χ1) is 8.88. The van der Waals surface area contributed by atoms with Crippen LogP contribution in [-0.2, 0) is 0 Å². The molecule has 19 heavy (non-hydrogen) atoms. The molecule has 3 nitrogen and oxygen atoms in total. The minimum Gasteiger partial charge on any atom is -0.508 e. The normalized spacial score (nSPS) is 24.1. The third kappa shape index (κ3) is 3.41. The Hall–Kier alpha value is -1.22. The van der Waals surface area contributed by atoms with Crippen LogP contribution in [0.3, 0.4) is 0 Å². The van der Waals surface area contributed by atoms with Gasteiger partial charge >= 0.3 is 0 Å². The van der Waals surface area contributed by atoms with Gasteiger partial charge in [0.15, 0.2) is 0 Å². The maximum Gasteiger partial charge on any atom is 0.119 e. The molecule has 1 aromatic carbocycles. The number of aromatic hydroxyl groups is 2. The molecular weight excluding hydrogens is 238 g/mol. The third-order valence-corrected chi connectivity index (χ3v) is 4.38. The van der Waals surface area contributed by atoms with Crippen molar-refractivity contribution < 1.29 is 10.2 Å². The molecule has 0 radical (unpaired) electrons. The monoisotopic (exact) mass is 263 g/mol. The number of benzene rings is 1. The van der Waals surface area contributed by atoms with Gasteiger partial charge in [0.05, 0.1) is 0 Å². The predicted molar refractivity (Wildman–Crippen MR) is 77.4 cm³/mol. The molecule has 0 aliphatic heterocycles. The zero-order valence-electron chi connectivity index (χ0n) is 12.1. The van der Waals surface area contributed by atoms with Crippen molar-refractivity contribution in [3.8, 4) is 11.5 Å². The quantitative estimate of drug-likeness (QED) is 0.779. The van der Waals surface area contributed by atoms with Crippen LogP contribution in [0, 0.1) is 5.41 Å². The summed E-state index contributed by atoms with van der Waals surface area (Å²) in [6, 6.07) is 5.40. The van der Waals surface area contributed by atoms with Gasteiger partial charge in [-0.15, -0.1) is 0 Å². The Morgan fingerprint density at radius 2 is 1.79 bits per heavy atom. The van der Waals surface area contributed by atoms with Crippen LogP contribution in [-0.4, -0.2) is 16.3 Å². The van der Waals surface area contributed by atoms with Crippen molar-refractivity contribution in [2.75, 3.05) is 0 Å². The molecule has 0 amide bonds. The fourth-order valence-corrected chi connectivity index (χ4v) is 3.07. The van der Waals surface area contributed by atoms with Gasteiger partial charge in [-0.1, -0.05) is 26.7 Å². The topological polar surface area (TPSA) is 52.5 Å². The van der Waals surface area contributed by atoms with Gasteiger partial charge in [-0.25, -0.2) is 0 Å². The Bertz CT molecular complexity index is 422. The van der Waals surface area contributed by atoms with Crippen molar-refractivity contribution in [3.05, 3.63) is 23.8 Å². The lowest BCUT2D eigenvalue weighted by Gasteiger charge is -2.40. The summed E-state index contributed by atoms with van der Waals surface area (Å²) in [6.45, 7) is 6.71. The lowest BCUT2D eigenvalue weighted by molar-refractivity contribution is 0.157. The van der Waals surface area contributed by atoms with E-state index in [9.17, 15) is 10.2 Å². The molecule has 1 fully saturated rings. The zero-order chi connectivity index (χ0) is 14.0. The highest BCUT2D eigenvalue weighted by Gasteiger charge is 2.32. The van der Waals surface area contributed by atoms with E-state index >= 15 is 0 Å². The molecule has 0 saturated heterocycles. The van der Waals surface area contributed by atoms with E-state index in [1.165, 1.54) is 31.7 Å². The van der Waals surface area contributed by atoms with Gasteiger partial charge in [0.2, 0.25) is 0 Å². The van der Waals surface area contributed by atoms with Crippen LogP contribution in [0.1, 0.15) is 58.1 Å². The first kappa shape index (κ1) is 14.2. The van der Waals surface area contributed by atoms with Gasteiger partial charge in [-0.05, 0) is 42.9 Å². The highest BCUT2D eigenvalue weighted by Crippen LogP contribution is 2.37. The first-order valence-electron chi connectivity index (χ1n) is 7.17. The van der Waals surface area contributed by atoms with Crippen LogP contribution in [0.25, 0.3) is 0 Å². The molecule has 0 aromatic heterocycles. The summed E-state index contributed by atoms with van der Waals surface area (Å²) < 4.78 is 0. The van der Waals surface area contributed by atoms with Crippen LogP contribution in [0.5, 0.6) is 11.5 Å². The Balaban J connectivity index is 2.09. The highest BCUT2D eigenvalue weighted by molar-refractivity contribution is 5.38. The Kier molecular flexibility index (Phi) is 4.04. The molecule has 2 unspecified atom stereocenters. The highest BCUT2D eigenvalue weighted by atomic mass is 16.3. The number of hydrogen-bond donors (Lipinski definition) is 3. The number of nitrogens with one attached hydrogen (secondary N) is 1. The molecule has 106 valence electrons. The van der Waals surface area contributed by atoms with E-state index < -0.39 is 0 Å². The summed E-state index contributed by atoms with van der Waals surface area (Å²) in [5.41, 5.74) is 1.24. The summed E-state index contributed by atoms with van der Waals surface area (Å²) in [6.07, 6.45) is 5.04. The van der Waals surface area contributed by atoms with E-state index in [-0.39, 0.29) is 17.5 Å². The maximum absolute atomic E-state index is 9.56. The van der Waals surface area contributed by atoms with E-state index in [0.29, 0.717) is 11.5 Å². The average molecular weight is 263 g/mol. The van der Waals surface area contributed by atoms with E-state index in [2.05, 4.69) is 26.1 Å². The molecular formula is C16H25NO2. The number of phenolic OH excluding ortho intramolecular Hbond substituents is 2. The Morgan fingerprint density at radius 1 is 1.16 bits per heavy atom. The first-order valence-corrected chi connectivity index (χ1v) is 7.17. The SMILES string of the molecule is CC(NC1CCCCC1(C)C)c1cc(O)cc(O)c1. The van der Waals surface area contributed by atoms with Crippen molar-refractivity contribution in [1.29, 1.82) is 0 Å². The van der Waals surface area contributed by atoms with Crippen molar-refractivity contribution in [2.24, 2.45) is 5.41 Å². The average Bonchev–Trinajstić information content (AvgIpc) is 2.30. The van der Waals surface area contributed by atoms with E-state index in [1.54, 1.807) is 12.1 Å². The fourth-order valence-electron chi connectivity index (χ4n) is 3.07. The fraction of sp³-hybridized carbons (Fsp3) is 0.625. The van der Waals surface area contributed by atoms with Gasteiger partial charge < -0.3 is 15.5 Å². The molecule has 2 rings (SSSR count). The second kappa shape index (κ2) is 5.41. The van der Waals surface area contributed by atoms with Gasteiger partial charge in [-0.2, -0.15) is 0 Å². The molecule has 0 bridgehead atoms. The summed E-state index contributed by atoms with van der Waals surface area (Å²) >= 11 is 0. The number of phenols is 2. The van der Waals surface area contributed by atoms with Crippen LogP contribution in [0.2, 0.25) is 0 Å². The largest absolute Gasteiger partial charge is 0.508 e. The molecule has 3 heteroatoms. The number of rotatable bonds is 3. The Labute approximate surface area is 115 Å². The second-order valence-corrected chi connectivity index (χ2v) is 6.46. The lowest BCUT2D eigenvalue weighted by atomic mass is 9.73.